The SMILES string of the molecule is CCCCN(CCCC)c1ccc(/C=C/c2ccc(/C=C/C3=C(C#N)C(=C(C#N)C#N)OC3(C)C)cc2)c(OC)c1. The molecular weight excluding hydrogens is 508 g/mol. The summed E-state index contributed by atoms with van der Waals surface area (Å²) >= 11 is 0. The van der Waals surface area contributed by atoms with Crippen LogP contribution < -0.4 is 9.64 Å². The highest BCUT2D eigenvalue weighted by Crippen LogP contribution is 2.40. The minimum absolute atomic E-state index is 0.0423. The van der Waals surface area contributed by atoms with Gasteiger partial charge < -0.3 is 14.4 Å². The van der Waals surface area contributed by atoms with Crippen LogP contribution >= 0.6 is 0 Å². The maximum absolute atomic E-state index is 9.72. The van der Waals surface area contributed by atoms with Gasteiger partial charge in [0.1, 0.15) is 35.1 Å². The van der Waals surface area contributed by atoms with Crippen LogP contribution in [0.5, 0.6) is 5.75 Å². The van der Waals surface area contributed by atoms with Gasteiger partial charge in [0.2, 0.25) is 0 Å². The van der Waals surface area contributed by atoms with Crippen molar-refractivity contribution >= 4 is 23.9 Å². The molecule has 1 aliphatic heterocycles. The molecule has 1 heterocycles. The average Bonchev–Trinajstić information content (AvgIpc) is 3.25. The van der Waals surface area contributed by atoms with Crippen molar-refractivity contribution < 1.29 is 9.47 Å². The number of nitriles is 3. The van der Waals surface area contributed by atoms with Crippen LogP contribution in [0.1, 0.15) is 70.1 Å². The fraction of sp³-hybridized carbons (Fsp3) is 0.343. The molecule has 3 rings (SSSR count). The number of rotatable bonds is 12. The van der Waals surface area contributed by atoms with Gasteiger partial charge in [0.15, 0.2) is 11.3 Å². The molecule has 1 aliphatic rings. The highest BCUT2D eigenvalue weighted by molar-refractivity contribution is 5.75. The molecule has 0 aliphatic carbocycles. The molecule has 0 bridgehead atoms. The minimum atomic E-state index is -0.837. The predicted molar refractivity (Wildman–Crippen MR) is 165 cm³/mol. The number of hydrogen-bond donors (Lipinski definition) is 0. The molecule has 0 fully saturated rings. The van der Waals surface area contributed by atoms with E-state index in [0.29, 0.717) is 5.57 Å². The first kappa shape index (κ1) is 30.8. The van der Waals surface area contributed by atoms with Gasteiger partial charge in [0, 0.05) is 36.0 Å². The lowest BCUT2D eigenvalue weighted by molar-refractivity contribution is 0.0954. The van der Waals surface area contributed by atoms with E-state index in [0.717, 1.165) is 35.5 Å². The van der Waals surface area contributed by atoms with Crippen LogP contribution in [0.2, 0.25) is 0 Å². The average molecular weight is 547 g/mol. The fourth-order valence-electron chi connectivity index (χ4n) is 4.67. The van der Waals surface area contributed by atoms with E-state index in [1.807, 2.05) is 62.4 Å². The van der Waals surface area contributed by atoms with Crippen LogP contribution in [-0.2, 0) is 4.74 Å². The molecule has 0 spiro atoms. The number of anilines is 1. The zero-order valence-electron chi connectivity index (χ0n) is 24.7. The van der Waals surface area contributed by atoms with E-state index < -0.39 is 5.60 Å². The molecule has 6 nitrogen and oxygen atoms in total. The second-order valence-electron chi connectivity index (χ2n) is 10.4. The summed E-state index contributed by atoms with van der Waals surface area (Å²) in [5.74, 6) is 0.893. The zero-order chi connectivity index (χ0) is 29.8. The first-order valence-electron chi connectivity index (χ1n) is 14.1. The van der Waals surface area contributed by atoms with Gasteiger partial charge in [-0.1, -0.05) is 75.3 Å². The van der Waals surface area contributed by atoms with E-state index >= 15 is 0 Å². The van der Waals surface area contributed by atoms with Crippen LogP contribution in [0.25, 0.3) is 18.2 Å². The van der Waals surface area contributed by atoms with Crippen LogP contribution in [0.15, 0.2) is 71.0 Å². The molecule has 0 amide bonds. The summed E-state index contributed by atoms with van der Waals surface area (Å²) < 4.78 is 11.6. The highest BCUT2D eigenvalue weighted by atomic mass is 16.5. The number of benzene rings is 2. The molecule has 0 N–H and O–H groups in total. The molecule has 41 heavy (non-hydrogen) atoms. The smallest absolute Gasteiger partial charge is 0.172 e. The van der Waals surface area contributed by atoms with Crippen LogP contribution in [0, 0.1) is 34.0 Å². The number of ether oxygens (including phenoxy) is 2. The van der Waals surface area contributed by atoms with E-state index in [4.69, 9.17) is 9.47 Å². The summed E-state index contributed by atoms with van der Waals surface area (Å²) in [7, 11) is 1.71. The number of methoxy groups -OCH3 is 1. The van der Waals surface area contributed by atoms with Gasteiger partial charge in [-0.2, -0.15) is 15.8 Å². The fourth-order valence-corrected chi connectivity index (χ4v) is 4.67. The van der Waals surface area contributed by atoms with E-state index in [1.54, 1.807) is 7.11 Å². The monoisotopic (exact) mass is 546 g/mol. The lowest BCUT2D eigenvalue weighted by atomic mass is 9.94. The Morgan fingerprint density at radius 2 is 1.46 bits per heavy atom. The first-order chi connectivity index (χ1) is 19.8. The molecule has 0 saturated heterocycles. The Hall–Kier alpha value is -4.73. The Balaban J connectivity index is 1.79. The topological polar surface area (TPSA) is 93.1 Å². The summed E-state index contributed by atoms with van der Waals surface area (Å²) in [6.07, 6.45) is 12.5. The molecule has 2 aromatic rings. The lowest BCUT2D eigenvalue weighted by Crippen LogP contribution is -2.25. The Morgan fingerprint density at radius 3 is 1.98 bits per heavy atom. The standard InChI is InChI=1S/C35H38N4O2/c1-6-8-20-39(21-9-7-2)30-18-17-28(33(22-30)40-5)16-14-26-10-12-27(13-11-26)15-19-32-31(25-38)34(29(23-36)24-37)41-35(32,3)4/h10-19,22H,6-9,20-21H2,1-5H3/b16-14+,19-15+. The van der Waals surface area contributed by atoms with Gasteiger partial charge in [0.25, 0.3) is 0 Å². The maximum atomic E-state index is 9.72. The van der Waals surface area contributed by atoms with Crippen molar-refractivity contribution in [3.05, 3.63) is 87.7 Å². The van der Waals surface area contributed by atoms with Crippen LogP contribution in [0.3, 0.4) is 0 Å². The third-order valence-electron chi connectivity index (χ3n) is 7.04. The summed E-state index contributed by atoms with van der Waals surface area (Å²) in [6.45, 7) is 10.2. The highest BCUT2D eigenvalue weighted by Gasteiger charge is 2.38. The Morgan fingerprint density at radius 1 is 0.878 bits per heavy atom. The maximum Gasteiger partial charge on any atom is 0.172 e. The van der Waals surface area contributed by atoms with Gasteiger partial charge in [-0.15, -0.1) is 0 Å². The van der Waals surface area contributed by atoms with Crippen molar-refractivity contribution in [2.45, 2.75) is 59.0 Å². The number of nitrogens with zero attached hydrogens (tertiary/aromatic N) is 4. The third kappa shape index (κ3) is 7.69. The van der Waals surface area contributed by atoms with E-state index in [-0.39, 0.29) is 16.9 Å². The largest absolute Gasteiger partial charge is 0.496 e. The summed E-state index contributed by atoms with van der Waals surface area (Å²) in [4.78, 5) is 2.45. The van der Waals surface area contributed by atoms with Gasteiger partial charge in [-0.3, -0.25) is 0 Å². The Labute approximate surface area is 244 Å². The van der Waals surface area contributed by atoms with Crippen molar-refractivity contribution in [2.24, 2.45) is 0 Å². The molecule has 2 aromatic carbocycles. The van der Waals surface area contributed by atoms with Gasteiger partial charge in [0.05, 0.1) is 7.11 Å². The van der Waals surface area contributed by atoms with Gasteiger partial charge >= 0.3 is 0 Å². The van der Waals surface area contributed by atoms with Crippen molar-refractivity contribution in [1.29, 1.82) is 15.8 Å². The first-order valence-corrected chi connectivity index (χ1v) is 14.1. The lowest BCUT2D eigenvalue weighted by Gasteiger charge is -2.25. The number of allylic oxidation sites excluding steroid dienone is 2. The molecule has 6 heteroatoms. The zero-order valence-corrected chi connectivity index (χ0v) is 24.7. The molecule has 210 valence electrons. The van der Waals surface area contributed by atoms with E-state index in [1.165, 1.54) is 31.4 Å². The molecule has 0 saturated carbocycles. The molecule has 0 atom stereocenters. The summed E-state index contributed by atoms with van der Waals surface area (Å²) in [6, 6.07) is 20.2. The van der Waals surface area contributed by atoms with Crippen molar-refractivity contribution in [3.63, 3.8) is 0 Å². The predicted octanol–water partition coefficient (Wildman–Crippen LogP) is 8.22. The van der Waals surface area contributed by atoms with E-state index in [2.05, 4.69) is 55.2 Å². The molecule has 0 aromatic heterocycles. The van der Waals surface area contributed by atoms with Crippen molar-refractivity contribution in [1.82, 2.24) is 0 Å². The van der Waals surface area contributed by atoms with Gasteiger partial charge in [-0.05, 0) is 49.9 Å². The minimum Gasteiger partial charge on any atom is -0.496 e. The second kappa shape index (κ2) is 14.6. The Bertz CT molecular complexity index is 1450. The van der Waals surface area contributed by atoms with Crippen molar-refractivity contribution in [2.75, 3.05) is 25.1 Å². The number of hydrogen-bond acceptors (Lipinski definition) is 6. The normalized spacial score (nSPS) is 14.0. The Kier molecular flexibility index (Phi) is 11.0. The van der Waals surface area contributed by atoms with Crippen molar-refractivity contribution in [3.8, 4) is 24.0 Å². The molecular formula is C35H38N4O2. The van der Waals surface area contributed by atoms with E-state index in [9.17, 15) is 15.8 Å². The number of unbranched alkanes of at least 4 members (excludes halogenated alkanes) is 2. The third-order valence-corrected chi connectivity index (χ3v) is 7.04. The van der Waals surface area contributed by atoms with Gasteiger partial charge in [-0.25, -0.2) is 0 Å². The molecule has 0 unspecified atom stereocenters. The summed E-state index contributed by atoms with van der Waals surface area (Å²) in [5.41, 5.74) is 4.00. The quantitative estimate of drug-likeness (QED) is 0.197. The second-order valence-corrected chi connectivity index (χ2v) is 10.4. The summed E-state index contributed by atoms with van der Waals surface area (Å²) in [5, 5.41) is 28.2. The van der Waals surface area contributed by atoms with Crippen LogP contribution in [0.4, 0.5) is 5.69 Å². The van der Waals surface area contributed by atoms with Crippen LogP contribution in [-0.4, -0.2) is 25.8 Å². The molecule has 0 radical (unpaired) electrons.